The van der Waals surface area contributed by atoms with Crippen molar-refractivity contribution in [2.45, 2.75) is 44.8 Å². The molecule has 0 aromatic heterocycles. The van der Waals surface area contributed by atoms with Crippen LogP contribution >= 0.6 is 0 Å². The Morgan fingerprint density at radius 1 is 1.44 bits per heavy atom. The molecule has 2 aliphatic rings. The second-order valence-corrected chi connectivity index (χ2v) is 5.05. The molecule has 2 N–H and O–H groups in total. The van der Waals surface area contributed by atoms with Gasteiger partial charge in [0.25, 0.3) is 5.91 Å². The average molecular weight is 226 g/mol. The number of carbonyl (C=O) groups excluding carboxylic acids is 1. The van der Waals surface area contributed by atoms with Crippen LogP contribution in [0.15, 0.2) is 0 Å². The lowest BCUT2D eigenvalue weighted by Crippen LogP contribution is -2.48. The Morgan fingerprint density at radius 3 is 2.88 bits per heavy atom. The zero-order chi connectivity index (χ0) is 11.5. The van der Waals surface area contributed by atoms with Crippen LogP contribution in [-0.4, -0.2) is 42.6 Å². The molecule has 0 saturated carbocycles. The van der Waals surface area contributed by atoms with E-state index in [4.69, 9.17) is 10.5 Å². The fourth-order valence-electron chi connectivity index (χ4n) is 2.62. The van der Waals surface area contributed by atoms with E-state index in [2.05, 4.69) is 0 Å². The van der Waals surface area contributed by atoms with Gasteiger partial charge in [0.15, 0.2) is 0 Å². The van der Waals surface area contributed by atoms with E-state index >= 15 is 0 Å². The minimum atomic E-state index is -0.174. The van der Waals surface area contributed by atoms with Crippen LogP contribution < -0.4 is 5.73 Å². The maximum absolute atomic E-state index is 12.1. The van der Waals surface area contributed by atoms with Crippen LogP contribution in [0.25, 0.3) is 0 Å². The van der Waals surface area contributed by atoms with E-state index in [0.717, 1.165) is 45.4 Å². The Balaban J connectivity index is 1.90. The summed E-state index contributed by atoms with van der Waals surface area (Å²) in [6, 6.07) is 0.181. The summed E-state index contributed by atoms with van der Waals surface area (Å²) in [5.74, 6) is 0.641. The van der Waals surface area contributed by atoms with Gasteiger partial charge in [-0.25, -0.2) is 0 Å². The highest BCUT2D eigenvalue weighted by Gasteiger charge is 2.32. The molecule has 2 heterocycles. The molecule has 0 aromatic rings. The van der Waals surface area contributed by atoms with Crippen molar-refractivity contribution in [3.63, 3.8) is 0 Å². The van der Waals surface area contributed by atoms with Crippen LogP contribution in [0, 0.1) is 5.92 Å². The molecule has 2 saturated heterocycles. The van der Waals surface area contributed by atoms with Crippen LogP contribution in [0.2, 0.25) is 0 Å². The van der Waals surface area contributed by atoms with Gasteiger partial charge in [-0.05, 0) is 38.5 Å². The third kappa shape index (κ3) is 2.55. The lowest BCUT2D eigenvalue weighted by atomic mass is 9.92. The van der Waals surface area contributed by atoms with Gasteiger partial charge in [-0.1, -0.05) is 0 Å². The summed E-state index contributed by atoms with van der Waals surface area (Å²) >= 11 is 0. The monoisotopic (exact) mass is 226 g/mol. The summed E-state index contributed by atoms with van der Waals surface area (Å²) in [5.41, 5.74) is 5.91. The molecule has 4 nitrogen and oxygen atoms in total. The fraction of sp³-hybridized carbons (Fsp3) is 0.917. The lowest BCUT2D eigenvalue weighted by molar-refractivity contribution is -0.142. The van der Waals surface area contributed by atoms with E-state index in [0.29, 0.717) is 5.92 Å². The zero-order valence-corrected chi connectivity index (χ0v) is 10.0. The van der Waals surface area contributed by atoms with E-state index in [1.54, 1.807) is 0 Å². The first-order valence-corrected chi connectivity index (χ1v) is 6.34. The summed E-state index contributed by atoms with van der Waals surface area (Å²) in [5, 5.41) is 0. The van der Waals surface area contributed by atoms with E-state index in [1.165, 1.54) is 0 Å². The molecular weight excluding hydrogens is 204 g/mol. The molecule has 2 aliphatic heterocycles. The Hall–Kier alpha value is -0.610. The van der Waals surface area contributed by atoms with Crippen LogP contribution in [0.3, 0.4) is 0 Å². The Kier molecular flexibility index (Phi) is 3.82. The molecule has 0 aromatic carbocycles. The minimum Gasteiger partial charge on any atom is -0.368 e. The molecular formula is C12H22N2O2. The highest BCUT2D eigenvalue weighted by molar-refractivity contribution is 5.81. The van der Waals surface area contributed by atoms with Crippen molar-refractivity contribution < 1.29 is 9.53 Å². The van der Waals surface area contributed by atoms with Gasteiger partial charge in [0.1, 0.15) is 6.10 Å². The molecule has 92 valence electrons. The van der Waals surface area contributed by atoms with Crippen molar-refractivity contribution in [3.8, 4) is 0 Å². The number of carbonyl (C=O) groups is 1. The standard InChI is InChI=1S/C12H22N2O2/c1-9(13)10-4-2-6-14(8-10)12(15)11-5-3-7-16-11/h9-11H,2-8,13H2,1H3/t9-,10-,11-/m0/s1. The van der Waals surface area contributed by atoms with Gasteiger partial charge in [-0.2, -0.15) is 0 Å². The highest BCUT2D eigenvalue weighted by atomic mass is 16.5. The normalized spacial score (nSPS) is 32.8. The number of nitrogens with two attached hydrogens (primary N) is 1. The van der Waals surface area contributed by atoms with Gasteiger partial charge >= 0.3 is 0 Å². The molecule has 2 fully saturated rings. The van der Waals surface area contributed by atoms with Gasteiger partial charge in [-0.3, -0.25) is 4.79 Å². The van der Waals surface area contributed by atoms with Gasteiger partial charge < -0.3 is 15.4 Å². The number of nitrogens with zero attached hydrogens (tertiary/aromatic N) is 1. The topological polar surface area (TPSA) is 55.6 Å². The molecule has 16 heavy (non-hydrogen) atoms. The maximum atomic E-state index is 12.1. The summed E-state index contributed by atoms with van der Waals surface area (Å²) in [6.07, 6.45) is 3.95. The van der Waals surface area contributed by atoms with Crippen molar-refractivity contribution in [1.29, 1.82) is 0 Å². The first-order valence-electron chi connectivity index (χ1n) is 6.34. The second-order valence-electron chi connectivity index (χ2n) is 5.05. The smallest absolute Gasteiger partial charge is 0.251 e. The number of ether oxygens (including phenoxy) is 1. The Bertz CT molecular complexity index is 249. The third-order valence-corrected chi connectivity index (χ3v) is 3.72. The Morgan fingerprint density at radius 2 is 2.25 bits per heavy atom. The van der Waals surface area contributed by atoms with Crippen LogP contribution in [0.5, 0.6) is 0 Å². The van der Waals surface area contributed by atoms with Crippen molar-refractivity contribution in [1.82, 2.24) is 4.90 Å². The molecule has 1 amide bonds. The number of hydrogen-bond donors (Lipinski definition) is 1. The third-order valence-electron chi connectivity index (χ3n) is 3.72. The minimum absolute atomic E-state index is 0.174. The largest absolute Gasteiger partial charge is 0.368 e. The summed E-state index contributed by atoms with van der Waals surface area (Å²) in [6.45, 7) is 4.46. The van der Waals surface area contributed by atoms with Crippen molar-refractivity contribution in [2.24, 2.45) is 11.7 Å². The second kappa shape index (κ2) is 5.15. The van der Waals surface area contributed by atoms with Crippen molar-refractivity contribution in [2.75, 3.05) is 19.7 Å². The van der Waals surface area contributed by atoms with E-state index < -0.39 is 0 Å². The van der Waals surface area contributed by atoms with Crippen LogP contribution in [-0.2, 0) is 9.53 Å². The zero-order valence-electron chi connectivity index (χ0n) is 10.0. The number of piperidine rings is 1. The van der Waals surface area contributed by atoms with Gasteiger partial charge in [0.2, 0.25) is 0 Å². The van der Waals surface area contributed by atoms with Gasteiger partial charge in [0.05, 0.1) is 0 Å². The molecule has 0 spiro atoms. The quantitative estimate of drug-likeness (QED) is 0.756. The van der Waals surface area contributed by atoms with Gasteiger partial charge in [-0.15, -0.1) is 0 Å². The van der Waals surface area contributed by atoms with E-state index in [9.17, 15) is 4.79 Å². The average Bonchev–Trinajstić information content (AvgIpc) is 2.81. The maximum Gasteiger partial charge on any atom is 0.251 e. The predicted molar refractivity (Wildman–Crippen MR) is 61.9 cm³/mol. The molecule has 4 heteroatoms. The number of rotatable bonds is 2. The summed E-state index contributed by atoms with van der Waals surface area (Å²) in [4.78, 5) is 14.1. The van der Waals surface area contributed by atoms with Crippen molar-refractivity contribution in [3.05, 3.63) is 0 Å². The Labute approximate surface area is 97.1 Å². The van der Waals surface area contributed by atoms with E-state index in [1.807, 2.05) is 11.8 Å². The summed E-state index contributed by atoms with van der Waals surface area (Å²) in [7, 11) is 0. The molecule has 0 radical (unpaired) electrons. The van der Waals surface area contributed by atoms with Gasteiger partial charge in [0, 0.05) is 25.7 Å². The first kappa shape index (κ1) is 11.9. The lowest BCUT2D eigenvalue weighted by Gasteiger charge is -2.35. The number of hydrogen-bond acceptors (Lipinski definition) is 3. The fourth-order valence-corrected chi connectivity index (χ4v) is 2.62. The molecule has 0 unspecified atom stereocenters. The number of likely N-dealkylation sites (tertiary alicyclic amines) is 1. The first-order chi connectivity index (χ1) is 7.68. The predicted octanol–water partition coefficient (Wildman–Crippen LogP) is 0.751. The van der Waals surface area contributed by atoms with E-state index in [-0.39, 0.29) is 18.1 Å². The molecule has 0 bridgehead atoms. The van der Waals surface area contributed by atoms with Crippen molar-refractivity contribution >= 4 is 5.91 Å². The SMILES string of the molecule is C[C@H](N)[C@H]1CCCN(C(=O)[C@@H]2CCCO2)C1. The van der Waals surface area contributed by atoms with Crippen LogP contribution in [0.4, 0.5) is 0 Å². The molecule has 0 aliphatic carbocycles. The number of amides is 1. The van der Waals surface area contributed by atoms with Crippen LogP contribution in [0.1, 0.15) is 32.6 Å². The summed E-state index contributed by atoms with van der Waals surface area (Å²) < 4.78 is 5.44. The highest BCUT2D eigenvalue weighted by Crippen LogP contribution is 2.22. The molecule has 3 atom stereocenters. The molecule has 2 rings (SSSR count).